The Hall–Kier alpha value is -1.40. The number of anilines is 1. The average molecular weight is 283 g/mol. The minimum atomic E-state index is -0.222. The summed E-state index contributed by atoms with van der Waals surface area (Å²) in [5, 5.41) is 3.77. The maximum Gasteiger partial charge on any atom is 0.244 e. The summed E-state index contributed by atoms with van der Waals surface area (Å²) in [4.78, 5) is 13.6. The number of nitrogens with one attached hydrogen (secondary N) is 1. The highest BCUT2D eigenvalue weighted by Gasteiger charge is 2.29. The van der Waals surface area contributed by atoms with Gasteiger partial charge in [-0.05, 0) is 18.6 Å². The number of halogens is 1. The summed E-state index contributed by atoms with van der Waals surface area (Å²) >= 11 is 7.31. The molecule has 2 aromatic rings. The Labute approximate surface area is 113 Å². The summed E-state index contributed by atoms with van der Waals surface area (Å²) in [5.74, 6) is 0.0891. The highest BCUT2D eigenvalue weighted by atomic mass is 35.5. The van der Waals surface area contributed by atoms with Gasteiger partial charge >= 0.3 is 0 Å². The lowest BCUT2D eigenvalue weighted by Gasteiger charge is -2.14. The molecular formula is C11H11ClN4OS. The molecule has 1 N–H and O–H groups in total. The van der Waals surface area contributed by atoms with Crippen molar-refractivity contribution in [2.24, 2.45) is 0 Å². The monoisotopic (exact) mass is 282 g/mol. The van der Waals surface area contributed by atoms with Crippen LogP contribution in [0.2, 0.25) is 5.02 Å². The zero-order valence-electron chi connectivity index (χ0n) is 9.68. The minimum absolute atomic E-state index is 0.0891. The molecule has 1 aliphatic rings. The van der Waals surface area contributed by atoms with E-state index in [1.165, 1.54) is 0 Å². The van der Waals surface area contributed by atoms with Gasteiger partial charge in [0.1, 0.15) is 17.1 Å². The van der Waals surface area contributed by atoms with Gasteiger partial charge in [-0.15, -0.1) is 0 Å². The van der Waals surface area contributed by atoms with Crippen LogP contribution in [-0.2, 0) is 4.79 Å². The number of fused-ring (bicyclic) bond motifs is 1. The fourth-order valence-corrected chi connectivity index (χ4v) is 2.84. The molecule has 1 amide bonds. The normalized spacial score (nSPS) is 19.8. The van der Waals surface area contributed by atoms with Gasteiger partial charge in [-0.25, -0.2) is 0 Å². The Bertz CT molecular complexity index is 614. The van der Waals surface area contributed by atoms with E-state index in [2.05, 4.69) is 14.1 Å². The van der Waals surface area contributed by atoms with Gasteiger partial charge in [0.05, 0.1) is 22.4 Å². The molecule has 0 aliphatic carbocycles. The van der Waals surface area contributed by atoms with Crippen molar-refractivity contribution in [1.29, 1.82) is 0 Å². The van der Waals surface area contributed by atoms with Crippen LogP contribution in [0.15, 0.2) is 12.1 Å². The molecule has 1 fully saturated rings. The first kappa shape index (κ1) is 11.7. The van der Waals surface area contributed by atoms with Crippen LogP contribution in [0.25, 0.3) is 11.0 Å². The van der Waals surface area contributed by atoms with Crippen LogP contribution in [0.4, 0.5) is 5.69 Å². The van der Waals surface area contributed by atoms with E-state index in [0.717, 1.165) is 35.7 Å². The number of rotatable bonds is 2. The van der Waals surface area contributed by atoms with Crippen molar-refractivity contribution in [3.63, 3.8) is 0 Å². The van der Waals surface area contributed by atoms with E-state index < -0.39 is 0 Å². The van der Waals surface area contributed by atoms with Crippen molar-refractivity contribution < 1.29 is 4.79 Å². The predicted octanol–water partition coefficient (Wildman–Crippen LogP) is 1.99. The third-order valence-corrected chi connectivity index (χ3v) is 3.98. The maximum atomic E-state index is 11.9. The number of benzene rings is 1. The number of carbonyl (C=O) groups is 1. The van der Waals surface area contributed by atoms with Crippen molar-refractivity contribution >= 4 is 46.0 Å². The maximum absolute atomic E-state index is 11.9. The fraction of sp³-hybridized carbons (Fsp3) is 0.364. The van der Waals surface area contributed by atoms with Crippen LogP contribution >= 0.6 is 23.3 Å². The van der Waals surface area contributed by atoms with Gasteiger partial charge in [0, 0.05) is 13.6 Å². The lowest BCUT2D eigenvalue weighted by Crippen LogP contribution is -2.31. The zero-order chi connectivity index (χ0) is 12.7. The molecule has 0 saturated carbocycles. The Balaban J connectivity index is 1.97. The second-order valence-electron chi connectivity index (χ2n) is 4.30. The van der Waals surface area contributed by atoms with Crippen molar-refractivity contribution in [2.45, 2.75) is 12.5 Å². The molecule has 3 rings (SSSR count). The van der Waals surface area contributed by atoms with E-state index in [4.69, 9.17) is 11.6 Å². The van der Waals surface area contributed by atoms with Gasteiger partial charge in [-0.1, -0.05) is 11.6 Å². The summed E-state index contributed by atoms with van der Waals surface area (Å²) in [5.41, 5.74) is 2.23. The molecule has 1 saturated heterocycles. The second-order valence-corrected chi connectivity index (χ2v) is 5.24. The van der Waals surface area contributed by atoms with Gasteiger partial charge in [0.25, 0.3) is 0 Å². The molecule has 18 heavy (non-hydrogen) atoms. The first-order valence-electron chi connectivity index (χ1n) is 5.59. The molecule has 1 atom stereocenters. The van der Waals surface area contributed by atoms with Crippen LogP contribution in [0.3, 0.4) is 0 Å². The molecule has 5 nitrogen and oxygen atoms in total. The van der Waals surface area contributed by atoms with E-state index in [1.54, 1.807) is 18.0 Å². The number of hydrogen-bond donors (Lipinski definition) is 1. The molecular weight excluding hydrogens is 272 g/mol. The van der Waals surface area contributed by atoms with Gasteiger partial charge in [-0.3, -0.25) is 4.79 Å². The first-order valence-corrected chi connectivity index (χ1v) is 6.70. The van der Waals surface area contributed by atoms with Crippen molar-refractivity contribution in [3.8, 4) is 0 Å². The Morgan fingerprint density at radius 3 is 3.06 bits per heavy atom. The van der Waals surface area contributed by atoms with Crippen LogP contribution in [0.1, 0.15) is 6.42 Å². The van der Waals surface area contributed by atoms with Crippen molar-refractivity contribution in [3.05, 3.63) is 17.2 Å². The van der Waals surface area contributed by atoms with E-state index in [0.29, 0.717) is 10.7 Å². The average Bonchev–Trinajstić information content (AvgIpc) is 2.94. The highest BCUT2D eigenvalue weighted by Crippen LogP contribution is 2.31. The second kappa shape index (κ2) is 4.37. The van der Waals surface area contributed by atoms with Gasteiger partial charge in [-0.2, -0.15) is 8.75 Å². The topological polar surface area (TPSA) is 58.1 Å². The predicted molar refractivity (Wildman–Crippen MR) is 72.1 cm³/mol. The SMILES string of the molecule is CN1CCC(Nc2c(Cl)ccc3nsnc23)C1=O. The number of carbonyl (C=O) groups excluding carboxylic acids is 1. The molecule has 94 valence electrons. The molecule has 0 spiro atoms. The molecule has 1 unspecified atom stereocenters. The molecule has 2 heterocycles. The molecule has 1 aliphatic heterocycles. The van der Waals surface area contributed by atoms with Crippen LogP contribution < -0.4 is 5.32 Å². The molecule has 0 radical (unpaired) electrons. The lowest BCUT2D eigenvalue weighted by atomic mass is 10.2. The quantitative estimate of drug-likeness (QED) is 0.915. The summed E-state index contributed by atoms with van der Waals surface area (Å²) in [6, 6.07) is 3.38. The van der Waals surface area contributed by atoms with E-state index in [1.807, 2.05) is 6.07 Å². The fourth-order valence-electron chi connectivity index (χ4n) is 2.09. The number of nitrogens with zero attached hydrogens (tertiary/aromatic N) is 3. The molecule has 7 heteroatoms. The van der Waals surface area contributed by atoms with Crippen LogP contribution in [0.5, 0.6) is 0 Å². The van der Waals surface area contributed by atoms with Crippen LogP contribution in [-0.4, -0.2) is 39.2 Å². The van der Waals surface area contributed by atoms with Crippen LogP contribution in [0, 0.1) is 0 Å². The Kier molecular flexibility index (Phi) is 2.83. The Morgan fingerprint density at radius 1 is 1.50 bits per heavy atom. The molecule has 1 aromatic heterocycles. The highest BCUT2D eigenvalue weighted by molar-refractivity contribution is 7.00. The number of likely N-dealkylation sites (N-methyl/N-ethyl adjacent to an activating group) is 1. The molecule has 1 aromatic carbocycles. The molecule has 0 bridgehead atoms. The number of hydrogen-bond acceptors (Lipinski definition) is 5. The third kappa shape index (κ3) is 1.81. The smallest absolute Gasteiger partial charge is 0.244 e. The third-order valence-electron chi connectivity index (χ3n) is 3.12. The first-order chi connectivity index (χ1) is 8.66. The number of aromatic nitrogens is 2. The standard InChI is InChI=1S/C11H11ClN4OS/c1-16-5-4-8(11(16)17)13-9-6(12)2-3-7-10(9)15-18-14-7/h2-3,8,13H,4-5H2,1H3. The summed E-state index contributed by atoms with van der Waals surface area (Å²) < 4.78 is 8.39. The summed E-state index contributed by atoms with van der Waals surface area (Å²) in [7, 11) is 1.80. The van der Waals surface area contributed by atoms with Gasteiger partial charge in [0.2, 0.25) is 5.91 Å². The van der Waals surface area contributed by atoms with E-state index in [-0.39, 0.29) is 11.9 Å². The van der Waals surface area contributed by atoms with Gasteiger partial charge in [0.15, 0.2) is 0 Å². The van der Waals surface area contributed by atoms with Gasteiger partial charge < -0.3 is 10.2 Å². The van der Waals surface area contributed by atoms with E-state index >= 15 is 0 Å². The lowest BCUT2D eigenvalue weighted by molar-refractivity contribution is -0.127. The minimum Gasteiger partial charge on any atom is -0.371 e. The summed E-state index contributed by atoms with van der Waals surface area (Å²) in [6.45, 7) is 0.763. The largest absolute Gasteiger partial charge is 0.371 e. The number of amides is 1. The Morgan fingerprint density at radius 2 is 2.33 bits per heavy atom. The summed E-state index contributed by atoms with van der Waals surface area (Å²) in [6.07, 6.45) is 0.777. The van der Waals surface area contributed by atoms with E-state index in [9.17, 15) is 4.79 Å². The zero-order valence-corrected chi connectivity index (χ0v) is 11.3. The van der Waals surface area contributed by atoms with Crippen molar-refractivity contribution in [2.75, 3.05) is 18.9 Å². The van der Waals surface area contributed by atoms with Crippen molar-refractivity contribution in [1.82, 2.24) is 13.6 Å². The number of likely N-dealkylation sites (tertiary alicyclic amines) is 1.